The Bertz CT molecular complexity index is 543. The molecule has 0 amide bonds. The largest absolute Gasteiger partial charge is 0.324 e. The molecule has 0 aliphatic rings. The first-order valence-corrected chi connectivity index (χ1v) is 6.63. The lowest BCUT2D eigenvalue weighted by Gasteiger charge is -2.14. The normalized spacial score (nSPS) is 12.4. The first-order chi connectivity index (χ1) is 9.06. The Kier molecular flexibility index (Phi) is 4.33. The van der Waals surface area contributed by atoms with Crippen LogP contribution in [0.5, 0.6) is 0 Å². The molecule has 19 heavy (non-hydrogen) atoms. The van der Waals surface area contributed by atoms with E-state index in [0.717, 1.165) is 24.0 Å². The summed E-state index contributed by atoms with van der Waals surface area (Å²) in [5.41, 5.74) is 10.6. The van der Waals surface area contributed by atoms with Crippen LogP contribution in [0.1, 0.15) is 34.7 Å². The molecule has 2 heteroatoms. The molecule has 0 aliphatic heterocycles. The SMILES string of the molecule is Cc1cc(F)cc(C(N)CCc2ccccc2C)c1. The summed E-state index contributed by atoms with van der Waals surface area (Å²) in [7, 11) is 0. The van der Waals surface area contributed by atoms with Gasteiger partial charge in [0.15, 0.2) is 0 Å². The van der Waals surface area contributed by atoms with Gasteiger partial charge in [0, 0.05) is 6.04 Å². The van der Waals surface area contributed by atoms with Gasteiger partial charge in [-0.2, -0.15) is 0 Å². The number of nitrogens with two attached hydrogens (primary N) is 1. The minimum atomic E-state index is -0.207. The van der Waals surface area contributed by atoms with E-state index in [1.165, 1.54) is 23.3 Å². The summed E-state index contributed by atoms with van der Waals surface area (Å²) in [6.07, 6.45) is 1.75. The second kappa shape index (κ2) is 5.98. The molecule has 0 saturated carbocycles. The third kappa shape index (κ3) is 3.65. The number of hydrogen-bond donors (Lipinski definition) is 1. The Balaban J connectivity index is 2.05. The Morgan fingerprint density at radius 1 is 1.11 bits per heavy atom. The van der Waals surface area contributed by atoms with E-state index in [9.17, 15) is 4.39 Å². The molecule has 2 N–H and O–H groups in total. The Morgan fingerprint density at radius 3 is 2.53 bits per heavy atom. The van der Waals surface area contributed by atoms with E-state index in [4.69, 9.17) is 5.73 Å². The molecule has 0 aliphatic carbocycles. The maximum atomic E-state index is 13.4. The van der Waals surface area contributed by atoms with E-state index in [0.29, 0.717) is 0 Å². The predicted molar refractivity (Wildman–Crippen MR) is 77.6 cm³/mol. The summed E-state index contributed by atoms with van der Waals surface area (Å²) in [5, 5.41) is 0. The van der Waals surface area contributed by atoms with Crippen LogP contribution in [0.3, 0.4) is 0 Å². The molecule has 0 spiro atoms. The number of aryl methyl sites for hydroxylation is 3. The standard InChI is InChI=1S/C17H20FN/c1-12-9-15(11-16(18)10-12)17(19)8-7-14-6-4-3-5-13(14)2/h3-6,9-11,17H,7-8,19H2,1-2H3. The summed E-state index contributed by atoms with van der Waals surface area (Å²) >= 11 is 0. The van der Waals surface area contributed by atoms with Gasteiger partial charge < -0.3 is 5.73 Å². The van der Waals surface area contributed by atoms with Gasteiger partial charge in [0.05, 0.1) is 0 Å². The zero-order chi connectivity index (χ0) is 13.8. The smallest absolute Gasteiger partial charge is 0.123 e. The third-order valence-corrected chi connectivity index (χ3v) is 3.48. The predicted octanol–water partition coefficient (Wildman–Crippen LogP) is 4.08. The van der Waals surface area contributed by atoms with Gasteiger partial charge in [0.2, 0.25) is 0 Å². The first kappa shape index (κ1) is 13.8. The summed E-state index contributed by atoms with van der Waals surface area (Å²) in [6, 6.07) is 13.2. The van der Waals surface area contributed by atoms with Crippen molar-refractivity contribution in [1.82, 2.24) is 0 Å². The van der Waals surface area contributed by atoms with Crippen molar-refractivity contribution in [3.8, 4) is 0 Å². The number of halogens is 1. The zero-order valence-electron chi connectivity index (χ0n) is 11.5. The van der Waals surface area contributed by atoms with Crippen molar-refractivity contribution in [2.45, 2.75) is 32.7 Å². The van der Waals surface area contributed by atoms with Crippen molar-refractivity contribution in [2.24, 2.45) is 5.73 Å². The second-order valence-corrected chi connectivity index (χ2v) is 5.13. The molecule has 0 bridgehead atoms. The van der Waals surface area contributed by atoms with Crippen LogP contribution in [0.2, 0.25) is 0 Å². The molecule has 2 aromatic carbocycles. The van der Waals surface area contributed by atoms with Crippen molar-refractivity contribution >= 4 is 0 Å². The Labute approximate surface area is 114 Å². The minimum absolute atomic E-state index is 0.117. The van der Waals surface area contributed by atoms with Gasteiger partial charge >= 0.3 is 0 Å². The van der Waals surface area contributed by atoms with Crippen LogP contribution in [0.15, 0.2) is 42.5 Å². The monoisotopic (exact) mass is 257 g/mol. The Hall–Kier alpha value is -1.67. The van der Waals surface area contributed by atoms with Gasteiger partial charge in [-0.1, -0.05) is 30.3 Å². The van der Waals surface area contributed by atoms with E-state index in [2.05, 4.69) is 19.1 Å². The van der Waals surface area contributed by atoms with Gasteiger partial charge in [0.1, 0.15) is 5.82 Å². The lowest BCUT2D eigenvalue weighted by molar-refractivity contribution is 0.607. The zero-order valence-corrected chi connectivity index (χ0v) is 11.5. The van der Waals surface area contributed by atoms with Gasteiger partial charge in [-0.05, 0) is 61.1 Å². The minimum Gasteiger partial charge on any atom is -0.324 e. The highest BCUT2D eigenvalue weighted by atomic mass is 19.1. The molecule has 1 atom stereocenters. The average Bonchev–Trinajstić information content (AvgIpc) is 2.36. The van der Waals surface area contributed by atoms with Gasteiger partial charge in [-0.3, -0.25) is 0 Å². The van der Waals surface area contributed by atoms with Crippen LogP contribution in [0.25, 0.3) is 0 Å². The van der Waals surface area contributed by atoms with Crippen molar-refractivity contribution in [3.63, 3.8) is 0 Å². The number of benzene rings is 2. The summed E-state index contributed by atoms with van der Waals surface area (Å²) in [4.78, 5) is 0. The van der Waals surface area contributed by atoms with Crippen molar-refractivity contribution in [1.29, 1.82) is 0 Å². The summed E-state index contributed by atoms with van der Waals surface area (Å²) in [6.45, 7) is 3.99. The Morgan fingerprint density at radius 2 is 1.84 bits per heavy atom. The molecule has 1 unspecified atom stereocenters. The van der Waals surface area contributed by atoms with Crippen LogP contribution >= 0.6 is 0 Å². The lowest BCUT2D eigenvalue weighted by Crippen LogP contribution is -2.12. The van der Waals surface area contributed by atoms with Crippen molar-refractivity contribution in [2.75, 3.05) is 0 Å². The fourth-order valence-electron chi connectivity index (χ4n) is 2.35. The topological polar surface area (TPSA) is 26.0 Å². The van der Waals surface area contributed by atoms with Crippen molar-refractivity contribution < 1.29 is 4.39 Å². The summed E-state index contributed by atoms with van der Waals surface area (Å²) < 4.78 is 13.4. The van der Waals surface area contributed by atoms with Crippen LogP contribution < -0.4 is 5.73 Å². The fourth-order valence-corrected chi connectivity index (χ4v) is 2.35. The van der Waals surface area contributed by atoms with E-state index < -0.39 is 0 Å². The first-order valence-electron chi connectivity index (χ1n) is 6.63. The molecule has 0 aromatic heterocycles. The number of hydrogen-bond acceptors (Lipinski definition) is 1. The van der Waals surface area contributed by atoms with Gasteiger partial charge in [-0.15, -0.1) is 0 Å². The second-order valence-electron chi connectivity index (χ2n) is 5.13. The molecule has 2 aromatic rings. The highest BCUT2D eigenvalue weighted by molar-refractivity contribution is 5.28. The van der Waals surface area contributed by atoms with Crippen LogP contribution in [-0.2, 0) is 6.42 Å². The van der Waals surface area contributed by atoms with Gasteiger partial charge in [0.25, 0.3) is 0 Å². The van der Waals surface area contributed by atoms with Gasteiger partial charge in [-0.25, -0.2) is 4.39 Å². The van der Waals surface area contributed by atoms with Crippen LogP contribution in [-0.4, -0.2) is 0 Å². The third-order valence-electron chi connectivity index (χ3n) is 3.48. The van der Waals surface area contributed by atoms with E-state index in [-0.39, 0.29) is 11.9 Å². The molecule has 0 fully saturated rings. The highest BCUT2D eigenvalue weighted by Crippen LogP contribution is 2.20. The molecule has 1 nitrogen and oxygen atoms in total. The van der Waals surface area contributed by atoms with E-state index >= 15 is 0 Å². The van der Waals surface area contributed by atoms with Crippen LogP contribution in [0.4, 0.5) is 4.39 Å². The number of rotatable bonds is 4. The maximum Gasteiger partial charge on any atom is 0.123 e. The average molecular weight is 257 g/mol. The van der Waals surface area contributed by atoms with Crippen molar-refractivity contribution in [3.05, 3.63) is 70.5 Å². The quantitative estimate of drug-likeness (QED) is 0.877. The molecular weight excluding hydrogens is 237 g/mol. The maximum absolute atomic E-state index is 13.4. The molecule has 2 rings (SSSR count). The lowest BCUT2D eigenvalue weighted by atomic mass is 9.96. The van der Waals surface area contributed by atoms with E-state index in [1.54, 1.807) is 0 Å². The molecule has 100 valence electrons. The van der Waals surface area contributed by atoms with E-state index in [1.807, 2.05) is 25.1 Å². The fraction of sp³-hybridized carbons (Fsp3) is 0.294. The molecule has 0 radical (unpaired) electrons. The molecule has 0 saturated heterocycles. The highest BCUT2D eigenvalue weighted by Gasteiger charge is 2.09. The summed E-state index contributed by atoms with van der Waals surface area (Å²) in [5.74, 6) is -0.207. The molecular formula is C17H20FN. The van der Waals surface area contributed by atoms with Crippen LogP contribution in [0, 0.1) is 19.7 Å². The molecule has 0 heterocycles.